The lowest BCUT2D eigenvalue weighted by Crippen LogP contribution is -2.38. The highest BCUT2D eigenvalue weighted by molar-refractivity contribution is 6.29. The van der Waals surface area contributed by atoms with Crippen LogP contribution in [0.4, 0.5) is 0 Å². The Morgan fingerprint density at radius 2 is 2.07 bits per heavy atom. The van der Waals surface area contributed by atoms with E-state index in [0.29, 0.717) is 24.0 Å². The molecule has 7 nitrogen and oxygen atoms in total. The number of nitrogens with zero attached hydrogens (tertiary/aromatic N) is 2. The van der Waals surface area contributed by atoms with Gasteiger partial charge in [-0.1, -0.05) is 17.7 Å². The number of halogens is 1. The van der Waals surface area contributed by atoms with Crippen molar-refractivity contribution in [1.82, 2.24) is 20.9 Å². The lowest BCUT2D eigenvalue weighted by Gasteiger charge is -2.11. The number of furan rings is 1. The van der Waals surface area contributed by atoms with Gasteiger partial charge in [-0.25, -0.2) is 4.98 Å². The van der Waals surface area contributed by atoms with Crippen molar-refractivity contribution >= 4 is 23.5 Å². The van der Waals surface area contributed by atoms with Gasteiger partial charge in [0.05, 0.1) is 6.26 Å². The number of pyridine rings is 1. The molecule has 0 fully saturated rings. The summed E-state index contributed by atoms with van der Waals surface area (Å²) in [5, 5.41) is 9.83. The van der Waals surface area contributed by atoms with E-state index in [1.165, 1.54) is 6.26 Å². The summed E-state index contributed by atoms with van der Waals surface area (Å²) in [4.78, 5) is 20.5. The molecule has 0 atom stereocenters. The summed E-state index contributed by atoms with van der Waals surface area (Å²) < 4.78 is 5.17. The van der Waals surface area contributed by atoms with Crippen molar-refractivity contribution in [2.75, 3.05) is 26.2 Å². The van der Waals surface area contributed by atoms with E-state index in [2.05, 4.69) is 25.9 Å². The summed E-state index contributed by atoms with van der Waals surface area (Å²) in [5.41, 5.74) is 1.94. The number of carbonyl (C=O) groups is 1. The minimum atomic E-state index is -0.192. The van der Waals surface area contributed by atoms with E-state index >= 15 is 0 Å². The molecule has 0 aromatic carbocycles. The summed E-state index contributed by atoms with van der Waals surface area (Å²) in [6.07, 6.45) is 4.86. The van der Waals surface area contributed by atoms with Crippen molar-refractivity contribution in [2.45, 2.75) is 26.7 Å². The van der Waals surface area contributed by atoms with Crippen LogP contribution in [0.3, 0.4) is 0 Å². The smallest absolute Gasteiger partial charge is 0.287 e. The fourth-order valence-electron chi connectivity index (χ4n) is 2.38. The van der Waals surface area contributed by atoms with Gasteiger partial charge in [0.25, 0.3) is 5.91 Å². The lowest BCUT2D eigenvalue weighted by atomic mass is 10.2. The third-order valence-corrected chi connectivity index (χ3v) is 4.02. The first-order valence-corrected chi connectivity index (χ1v) is 9.43. The number of aryl methyl sites for hydroxylation is 1. The van der Waals surface area contributed by atoms with Crippen molar-refractivity contribution in [3.05, 3.63) is 52.7 Å². The molecule has 0 aliphatic rings. The SMILES string of the molecule is CCNC(=NCCCNC(=O)c1occc1C)NCCc1ccc(Cl)nc1. The Balaban J connectivity index is 1.68. The Bertz CT molecular complexity index is 743. The molecule has 0 saturated carbocycles. The molecule has 0 bridgehead atoms. The Labute approximate surface area is 164 Å². The van der Waals surface area contributed by atoms with Gasteiger partial charge in [0.2, 0.25) is 0 Å². The van der Waals surface area contributed by atoms with E-state index in [9.17, 15) is 4.79 Å². The maximum Gasteiger partial charge on any atom is 0.287 e. The summed E-state index contributed by atoms with van der Waals surface area (Å²) in [7, 11) is 0. The van der Waals surface area contributed by atoms with Gasteiger partial charge in [-0.2, -0.15) is 0 Å². The molecule has 3 N–H and O–H groups in total. The predicted molar refractivity (Wildman–Crippen MR) is 107 cm³/mol. The number of hydrogen-bond acceptors (Lipinski definition) is 4. The molecule has 0 spiro atoms. The lowest BCUT2D eigenvalue weighted by molar-refractivity contribution is 0.0925. The van der Waals surface area contributed by atoms with Crippen LogP contribution in [0.5, 0.6) is 0 Å². The van der Waals surface area contributed by atoms with Gasteiger partial charge in [0.15, 0.2) is 11.7 Å². The van der Waals surface area contributed by atoms with Gasteiger partial charge in [-0.15, -0.1) is 0 Å². The third kappa shape index (κ3) is 7.30. The first-order chi connectivity index (χ1) is 13.1. The average molecular weight is 392 g/mol. The third-order valence-electron chi connectivity index (χ3n) is 3.80. The van der Waals surface area contributed by atoms with Crippen LogP contribution < -0.4 is 16.0 Å². The first-order valence-electron chi connectivity index (χ1n) is 9.05. The van der Waals surface area contributed by atoms with Gasteiger partial charge in [0.1, 0.15) is 5.15 Å². The van der Waals surface area contributed by atoms with E-state index in [1.54, 1.807) is 18.3 Å². The zero-order chi connectivity index (χ0) is 19.5. The molecule has 2 aromatic rings. The second kappa shape index (κ2) is 11.2. The first kappa shape index (κ1) is 20.8. The number of rotatable bonds is 9. The summed E-state index contributed by atoms with van der Waals surface area (Å²) in [5.74, 6) is 0.931. The van der Waals surface area contributed by atoms with Crippen molar-refractivity contribution in [1.29, 1.82) is 0 Å². The number of amides is 1. The fraction of sp³-hybridized carbons (Fsp3) is 0.421. The van der Waals surface area contributed by atoms with Crippen molar-refractivity contribution < 1.29 is 9.21 Å². The number of aromatic nitrogens is 1. The van der Waals surface area contributed by atoms with Crippen LogP contribution in [0.25, 0.3) is 0 Å². The van der Waals surface area contributed by atoms with E-state index in [4.69, 9.17) is 16.0 Å². The summed E-state index contributed by atoms with van der Waals surface area (Å²) in [6.45, 7) is 6.53. The molecule has 2 aromatic heterocycles. The van der Waals surface area contributed by atoms with Gasteiger partial charge in [-0.3, -0.25) is 9.79 Å². The number of nitrogens with one attached hydrogen (secondary N) is 3. The van der Waals surface area contributed by atoms with Gasteiger partial charge in [0, 0.05) is 37.9 Å². The summed E-state index contributed by atoms with van der Waals surface area (Å²) >= 11 is 5.79. The Morgan fingerprint density at radius 1 is 1.22 bits per heavy atom. The van der Waals surface area contributed by atoms with E-state index in [0.717, 1.165) is 43.0 Å². The van der Waals surface area contributed by atoms with E-state index in [1.807, 2.05) is 19.9 Å². The standard InChI is InChI=1S/C19H26ClN5O2/c1-3-21-19(24-11-7-15-5-6-16(20)25-13-15)23-10-4-9-22-18(26)17-14(2)8-12-27-17/h5-6,8,12-13H,3-4,7,9-11H2,1-2H3,(H,22,26)(H2,21,23,24). The van der Waals surface area contributed by atoms with E-state index < -0.39 is 0 Å². The highest BCUT2D eigenvalue weighted by Crippen LogP contribution is 2.08. The maximum absolute atomic E-state index is 11.9. The quantitative estimate of drug-likeness (QED) is 0.264. The van der Waals surface area contributed by atoms with Crippen molar-refractivity contribution in [3.63, 3.8) is 0 Å². The molecule has 0 unspecified atom stereocenters. The number of aliphatic imine (C=N–C) groups is 1. The van der Waals surface area contributed by atoms with Crippen LogP contribution in [0.1, 0.15) is 35.0 Å². The number of hydrogen-bond donors (Lipinski definition) is 3. The summed E-state index contributed by atoms with van der Waals surface area (Å²) in [6, 6.07) is 5.52. The predicted octanol–water partition coefficient (Wildman–Crippen LogP) is 2.55. The van der Waals surface area contributed by atoms with Crippen molar-refractivity contribution in [3.8, 4) is 0 Å². The Morgan fingerprint density at radius 3 is 2.74 bits per heavy atom. The second-order valence-corrected chi connectivity index (χ2v) is 6.36. The minimum Gasteiger partial charge on any atom is -0.459 e. The zero-order valence-electron chi connectivity index (χ0n) is 15.7. The van der Waals surface area contributed by atoms with Gasteiger partial charge >= 0.3 is 0 Å². The molecule has 0 saturated heterocycles. The van der Waals surface area contributed by atoms with Gasteiger partial charge < -0.3 is 20.4 Å². The van der Waals surface area contributed by atoms with Crippen LogP contribution in [0, 0.1) is 6.92 Å². The highest BCUT2D eigenvalue weighted by Gasteiger charge is 2.11. The minimum absolute atomic E-state index is 0.192. The largest absolute Gasteiger partial charge is 0.459 e. The van der Waals surface area contributed by atoms with Gasteiger partial charge in [-0.05, 0) is 44.4 Å². The monoisotopic (exact) mass is 391 g/mol. The Hall–Kier alpha value is -2.54. The topological polar surface area (TPSA) is 91.5 Å². The van der Waals surface area contributed by atoms with Crippen LogP contribution in [0.2, 0.25) is 5.15 Å². The number of guanidine groups is 1. The van der Waals surface area contributed by atoms with Crippen molar-refractivity contribution in [2.24, 2.45) is 4.99 Å². The average Bonchev–Trinajstić information content (AvgIpc) is 3.09. The van der Waals surface area contributed by atoms with Crippen LogP contribution >= 0.6 is 11.6 Å². The molecule has 27 heavy (non-hydrogen) atoms. The maximum atomic E-state index is 11.9. The molecule has 8 heteroatoms. The molecule has 2 rings (SSSR count). The molecular formula is C19H26ClN5O2. The normalized spacial score (nSPS) is 11.3. The van der Waals surface area contributed by atoms with E-state index in [-0.39, 0.29) is 5.91 Å². The fourth-order valence-corrected chi connectivity index (χ4v) is 2.49. The Kier molecular flexibility index (Phi) is 8.64. The van der Waals surface area contributed by atoms with Crippen LogP contribution in [-0.4, -0.2) is 43.0 Å². The molecule has 0 radical (unpaired) electrons. The second-order valence-electron chi connectivity index (χ2n) is 5.97. The molecule has 2 heterocycles. The van der Waals surface area contributed by atoms with Crippen LogP contribution in [0.15, 0.2) is 40.1 Å². The molecule has 1 amide bonds. The molecule has 146 valence electrons. The van der Waals surface area contributed by atoms with Crippen LogP contribution in [-0.2, 0) is 6.42 Å². The highest BCUT2D eigenvalue weighted by atomic mass is 35.5. The molecule has 0 aliphatic heterocycles. The number of carbonyl (C=O) groups excluding carboxylic acids is 1. The molecular weight excluding hydrogens is 366 g/mol. The zero-order valence-corrected chi connectivity index (χ0v) is 16.5. The molecule has 0 aliphatic carbocycles.